The van der Waals surface area contributed by atoms with Crippen molar-refractivity contribution >= 4 is 17.5 Å². The normalized spacial score (nSPS) is 34.0. The van der Waals surface area contributed by atoms with E-state index in [-0.39, 0.29) is 42.1 Å². The van der Waals surface area contributed by atoms with Crippen LogP contribution in [-0.4, -0.2) is 74.3 Å². The number of aliphatic hydroxyl groups excluding tert-OH is 2. The van der Waals surface area contributed by atoms with Crippen LogP contribution in [0, 0.1) is 11.8 Å². The van der Waals surface area contributed by atoms with Crippen LogP contribution in [0.1, 0.15) is 53.9 Å². The van der Waals surface area contributed by atoms with Crippen molar-refractivity contribution in [1.29, 1.82) is 0 Å². The van der Waals surface area contributed by atoms with Gasteiger partial charge in [0.2, 0.25) is 5.91 Å². The Morgan fingerprint density at radius 3 is 2.61 bits per heavy atom. The van der Waals surface area contributed by atoms with Gasteiger partial charge in [0.05, 0.1) is 24.3 Å². The molecule has 5 N–H and O–H groups in total. The molecule has 1 heterocycles. The lowest BCUT2D eigenvalue weighted by atomic mass is 9.57. The van der Waals surface area contributed by atoms with Crippen LogP contribution in [0.4, 0.5) is 0 Å². The standard InChI is InChI=1S/C24H28N2O7/c27-13-8-12-9-15-18(23(32)25-11-26-6-1-2-7-26)14-4-3-5-16(28)19(14)21(30)20(15)22(31)24(12,33)17(29)10-13/h3-5,12-13,15,18,27-28,31,33H,1-2,6-11H2,(H,25,32). The molecule has 2 fully saturated rings. The number of aromatic hydroxyl groups is 1. The molecule has 5 atom stereocenters. The number of carbonyl (C=O) groups excluding carboxylic acids is 3. The summed E-state index contributed by atoms with van der Waals surface area (Å²) in [5.74, 6) is -5.41. The number of phenolic OH excluding ortho intramolecular Hbond substituents is 1. The molecule has 1 aliphatic heterocycles. The average Bonchev–Trinajstić information content (AvgIpc) is 3.28. The van der Waals surface area contributed by atoms with Gasteiger partial charge in [-0.3, -0.25) is 19.3 Å². The molecule has 0 bridgehead atoms. The van der Waals surface area contributed by atoms with E-state index in [0.717, 1.165) is 25.9 Å². The number of carbonyl (C=O) groups is 3. The number of amides is 1. The maximum Gasteiger partial charge on any atom is 0.229 e. The molecule has 1 amide bonds. The van der Waals surface area contributed by atoms with Crippen LogP contribution in [0.25, 0.3) is 0 Å². The number of hydrogen-bond donors (Lipinski definition) is 5. The van der Waals surface area contributed by atoms with E-state index in [2.05, 4.69) is 10.2 Å². The van der Waals surface area contributed by atoms with Crippen LogP contribution < -0.4 is 5.32 Å². The molecule has 0 radical (unpaired) electrons. The van der Waals surface area contributed by atoms with Crippen molar-refractivity contribution in [1.82, 2.24) is 10.2 Å². The lowest BCUT2D eigenvalue weighted by Crippen LogP contribution is -2.58. The highest BCUT2D eigenvalue weighted by atomic mass is 16.3. The summed E-state index contributed by atoms with van der Waals surface area (Å²) in [4.78, 5) is 41.7. The molecule has 9 heteroatoms. The van der Waals surface area contributed by atoms with Gasteiger partial charge < -0.3 is 25.7 Å². The first-order valence-corrected chi connectivity index (χ1v) is 11.5. The predicted octanol–water partition coefficient (Wildman–Crippen LogP) is 0.745. The summed E-state index contributed by atoms with van der Waals surface area (Å²) in [5, 5.41) is 45.8. The minimum absolute atomic E-state index is 0.0687. The molecule has 1 aromatic rings. The Kier molecular flexibility index (Phi) is 5.30. The van der Waals surface area contributed by atoms with Gasteiger partial charge in [-0.25, -0.2) is 0 Å². The van der Waals surface area contributed by atoms with Gasteiger partial charge in [0, 0.05) is 23.8 Å². The largest absolute Gasteiger partial charge is 0.508 e. The number of rotatable bonds is 3. The van der Waals surface area contributed by atoms with Crippen molar-refractivity contribution in [2.24, 2.45) is 11.8 Å². The highest BCUT2D eigenvalue weighted by Gasteiger charge is 2.60. The Morgan fingerprint density at radius 2 is 1.88 bits per heavy atom. The lowest BCUT2D eigenvalue weighted by molar-refractivity contribution is -0.155. The van der Waals surface area contributed by atoms with Crippen LogP contribution in [-0.2, 0) is 9.59 Å². The van der Waals surface area contributed by atoms with E-state index in [9.17, 15) is 34.8 Å². The summed E-state index contributed by atoms with van der Waals surface area (Å²) in [7, 11) is 0. The van der Waals surface area contributed by atoms with Crippen LogP contribution in [0.5, 0.6) is 5.75 Å². The van der Waals surface area contributed by atoms with Crippen molar-refractivity contribution in [3.63, 3.8) is 0 Å². The first-order valence-electron chi connectivity index (χ1n) is 11.5. The molecule has 176 valence electrons. The minimum atomic E-state index is -2.28. The third kappa shape index (κ3) is 3.29. The number of aliphatic hydroxyl groups is 3. The average molecular weight is 456 g/mol. The number of ketones is 2. The summed E-state index contributed by atoms with van der Waals surface area (Å²) in [5.41, 5.74) is -2.22. The number of likely N-dealkylation sites (tertiary alicyclic amines) is 1. The van der Waals surface area contributed by atoms with Gasteiger partial charge in [-0.15, -0.1) is 0 Å². The van der Waals surface area contributed by atoms with E-state index in [1.807, 2.05) is 0 Å². The van der Waals surface area contributed by atoms with Gasteiger partial charge in [-0.05, 0) is 50.4 Å². The van der Waals surface area contributed by atoms with Crippen molar-refractivity contribution in [3.05, 3.63) is 40.7 Å². The van der Waals surface area contributed by atoms with Gasteiger partial charge >= 0.3 is 0 Å². The Morgan fingerprint density at radius 1 is 1.15 bits per heavy atom. The molecule has 3 aliphatic carbocycles. The third-order valence-electron chi connectivity index (χ3n) is 7.76. The van der Waals surface area contributed by atoms with Crippen LogP contribution in [0.15, 0.2) is 29.5 Å². The van der Waals surface area contributed by atoms with Crippen molar-refractivity contribution in [2.45, 2.75) is 49.7 Å². The molecule has 9 nitrogen and oxygen atoms in total. The molecule has 1 saturated carbocycles. The van der Waals surface area contributed by atoms with Crippen molar-refractivity contribution < 1.29 is 34.8 Å². The summed E-state index contributed by atoms with van der Waals surface area (Å²) < 4.78 is 0. The van der Waals surface area contributed by atoms with E-state index in [1.54, 1.807) is 12.1 Å². The van der Waals surface area contributed by atoms with Gasteiger partial charge in [-0.2, -0.15) is 0 Å². The highest BCUT2D eigenvalue weighted by Crippen LogP contribution is 2.54. The molecule has 4 aliphatic rings. The number of phenols is 1. The molecule has 1 aromatic carbocycles. The fourth-order valence-corrected chi connectivity index (χ4v) is 6.14. The summed E-state index contributed by atoms with van der Waals surface area (Å²) in [6.07, 6.45) is 0.968. The molecule has 33 heavy (non-hydrogen) atoms. The Labute approximate surface area is 190 Å². The molecule has 0 aromatic heterocycles. The summed E-state index contributed by atoms with van der Waals surface area (Å²) in [6, 6.07) is 4.50. The van der Waals surface area contributed by atoms with E-state index >= 15 is 0 Å². The molecule has 5 rings (SSSR count). The second-order valence-electron chi connectivity index (χ2n) is 9.66. The zero-order chi connectivity index (χ0) is 23.5. The van der Waals surface area contributed by atoms with E-state index < -0.39 is 46.8 Å². The maximum atomic E-state index is 13.5. The Balaban J connectivity index is 1.60. The minimum Gasteiger partial charge on any atom is -0.508 e. The number of nitrogens with zero attached hydrogens (tertiary/aromatic N) is 1. The molecular weight excluding hydrogens is 428 g/mol. The highest BCUT2D eigenvalue weighted by molar-refractivity contribution is 6.16. The van der Waals surface area contributed by atoms with E-state index in [0.29, 0.717) is 12.2 Å². The van der Waals surface area contributed by atoms with Gasteiger partial charge in [0.15, 0.2) is 17.2 Å². The fraction of sp³-hybridized carbons (Fsp3) is 0.542. The second-order valence-corrected chi connectivity index (χ2v) is 9.66. The number of nitrogens with one attached hydrogen (secondary N) is 1. The number of Topliss-reactive ketones (excluding diaryl/α,β-unsaturated/α-hetero) is 2. The second kappa shape index (κ2) is 7.93. The smallest absolute Gasteiger partial charge is 0.229 e. The monoisotopic (exact) mass is 456 g/mol. The van der Waals surface area contributed by atoms with Crippen molar-refractivity contribution in [2.75, 3.05) is 19.8 Å². The Bertz CT molecular complexity index is 1060. The number of benzene rings is 1. The van der Waals surface area contributed by atoms with E-state index in [4.69, 9.17) is 0 Å². The van der Waals surface area contributed by atoms with Crippen LogP contribution in [0.2, 0.25) is 0 Å². The zero-order valence-corrected chi connectivity index (χ0v) is 18.2. The summed E-state index contributed by atoms with van der Waals surface area (Å²) in [6.45, 7) is 2.11. The zero-order valence-electron chi connectivity index (χ0n) is 18.2. The topological polar surface area (TPSA) is 147 Å². The molecule has 1 saturated heterocycles. The first-order chi connectivity index (χ1) is 15.7. The van der Waals surface area contributed by atoms with Crippen LogP contribution in [0.3, 0.4) is 0 Å². The molecule has 0 spiro atoms. The summed E-state index contributed by atoms with van der Waals surface area (Å²) >= 11 is 0. The fourth-order valence-electron chi connectivity index (χ4n) is 6.14. The predicted molar refractivity (Wildman–Crippen MR) is 115 cm³/mol. The quantitative estimate of drug-likeness (QED) is 0.448. The Hall–Kier alpha value is -2.75. The molecule has 5 unspecified atom stereocenters. The van der Waals surface area contributed by atoms with Gasteiger partial charge in [0.25, 0.3) is 0 Å². The van der Waals surface area contributed by atoms with Crippen LogP contribution >= 0.6 is 0 Å². The van der Waals surface area contributed by atoms with Gasteiger partial charge in [0.1, 0.15) is 11.5 Å². The number of fused-ring (bicyclic) bond motifs is 3. The van der Waals surface area contributed by atoms with E-state index in [1.165, 1.54) is 6.07 Å². The molecular formula is C24H28N2O7. The lowest BCUT2D eigenvalue weighted by Gasteiger charge is -2.48. The SMILES string of the molecule is O=C1C2=C(O)C3(O)C(=O)CC(O)CC3CC2C(C(=O)NCN2CCCC2)c2cccc(O)c21. The first kappa shape index (κ1) is 22.1. The van der Waals surface area contributed by atoms with Crippen molar-refractivity contribution in [3.8, 4) is 5.75 Å². The third-order valence-corrected chi connectivity index (χ3v) is 7.76. The maximum absolute atomic E-state index is 13.5. The van der Waals surface area contributed by atoms with Gasteiger partial charge in [-0.1, -0.05) is 12.1 Å². The number of hydrogen-bond acceptors (Lipinski definition) is 8. The number of allylic oxidation sites excluding steroid dienone is 1.